The molecule has 0 aliphatic heterocycles. The van der Waals surface area contributed by atoms with Gasteiger partial charge in [0, 0.05) is 23.3 Å². The Balaban J connectivity index is 1.57. The lowest BCUT2D eigenvalue weighted by atomic mass is 10.2. The minimum Gasteiger partial charge on any atom is -0.326 e. The minimum atomic E-state index is -0.266. The molecule has 0 saturated heterocycles. The standard InChI is InChI=1S/C22H17ClN4O3S2/c1-13(28)24-15-3-2-4-16(11-15)25-19(29)12-32-22-26-18-9-10-31-20(18)21(30)27(22)17-7-5-14(23)6-8-17/h2-11H,12H2,1H3,(H,24,28)(H,25,29). The number of carbonyl (C=O) groups excluding carboxylic acids is 2. The summed E-state index contributed by atoms with van der Waals surface area (Å²) in [5.74, 6) is -0.420. The molecule has 2 aromatic heterocycles. The molecule has 10 heteroatoms. The molecule has 32 heavy (non-hydrogen) atoms. The number of rotatable bonds is 6. The fourth-order valence-corrected chi connectivity index (χ4v) is 4.71. The predicted octanol–water partition coefficient (Wildman–Crippen LogP) is 4.79. The molecule has 4 aromatic rings. The summed E-state index contributed by atoms with van der Waals surface area (Å²) in [4.78, 5) is 41.5. The monoisotopic (exact) mass is 484 g/mol. The van der Waals surface area contributed by atoms with Gasteiger partial charge in [0.2, 0.25) is 11.8 Å². The van der Waals surface area contributed by atoms with Crippen LogP contribution < -0.4 is 16.2 Å². The molecule has 0 atom stereocenters. The van der Waals surface area contributed by atoms with Crippen molar-refractivity contribution in [2.75, 3.05) is 16.4 Å². The van der Waals surface area contributed by atoms with Crippen LogP contribution in [0.25, 0.3) is 15.9 Å². The zero-order chi connectivity index (χ0) is 22.7. The van der Waals surface area contributed by atoms with E-state index in [4.69, 9.17) is 11.6 Å². The van der Waals surface area contributed by atoms with Crippen LogP contribution in [0.3, 0.4) is 0 Å². The second-order valence-corrected chi connectivity index (χ2v) is 9.04. The van der Waals surface area contributed by atoms with Crippen LogP contribution in [0.2, 0.25) is 5.02 Å². The van der Waals surface area contributed by atoms with Crippen molar-refractivity contribution < 1.29 is 9.59 Å². The Labute approximate surface area is 196 Å². The van der Waals surface area contributed by atoms with Crippen molar-refractivity contribution in [3.05, 3.63) is 75.4 Å². The maximum absolute atomic E-state index is 13.1. The number of nitrogens with zero attached hydrogens (tertiary/aromatic N) is 2. The van der Waals surface area contributed by atoms with Gasteiger partial charge in [0.25, 0.3) is 5.56 Å². The van der Waals surface area contributed by atoms with E-state index in [0.29, 0.717) is 37.5 Å². The van der Waals surface area contributed by atoms with Crippen LogP contribution in [0.15, 0.2) is 69.9 Å². The second-order valence-electron chi connectivity index (χ2n) is 6.75. The molecule has 0 radical (unpaired) electrons. The zero-order valence-electron chi connectivity index (χ0n) is 16.8. The highest BCUT2D eigenvalue weighted by atomic mass is 35.5. The number of thioether (sulfide) groups is 1. The van der Waals surface area contributed by atoms with Crippen LogP contribution in [0.1, 0.15) is 6.92 Å². The third kappa shape index (κ3) is 5.01. The Hall–Kier alpha value is -3.14. The number of anilines is 2. The number of carbonyl (C=O) groups is 2. The normalized spacial score (nSPS) is 10.8. The first-order chi connectivity index (χ1) is 15.4. The predicted molar refractivity (Wildman–Crippen MR) is 130 cm³/mol. The fourth-order valence-electron chi connectivity index (χ4n) is 3.01. The number of hydrogen-bond acceptors (Lipinski definition) is 6. The summed E-state index contributed by atoms with van der Waals surface area (Å²) < 4.78 is 2.04. The van der Waals surface area contributed by atoms with Crippen molar-refractivity contribution in [3.8, 4) is 5.69 Å². The lowest BCUT2D eigenvalue weighted by molar-refractivity contribution is -0.114. The van der Waals surface area contributed by atoms with E-state index in [9.17, 15) is 14.4 Å². The summed E-state index contributed by atoms with van der Waals surface area (Å²) in [5.41, 5.74) is 2.16. The molecule has 0 unspecified atom stereocenters. The molecule has 2 aromatic carbocycles. The number of benzene rings is 2. The fraction of sp³-hybridized carbons (Fsp3) is 0.0909. The quantitative estimate of drug-likeness (QED) is 0.303. The first-order valence-corrected chi connectivity index (χ1v) is 11.7. The van der Waals surface area contributed by atoms with Crippen molar-refractivity contribution in [2.45, 2.75) is 12.1 Å². The maximum Gasteiger partial charge on any atom is 0.276 e. The Morgan fingerprint density at radius 3 is 2.53 bits per heavy atom. The summed E-state index contributed by atoms with van der Waals surface area (Å²) >= 11 is 8.48. The van der Waals surface area contributed by atoms with Crippen molar-refractivity contribution in [3.63, 3.8) is 0 Å². The van der Waals surface area contributed by atoms with Gasteiger partial charge in [-0.05, 0) is 53.9 Å². The van der Waals surface area contributed by atoms with E-state index in [-0.39, 0.29) is 23.1 Å². The molecular formula is C22H17ClN4O3S2. The van der Waals surface area contributed by atoms with Gasteiger partial charge >= 0.3 is 0 Å². The van der Waals surface area contributed by atoms with Crippen molar-refractivity contribution in [2.24, 2.45) is 0 Å². The molecule has 2 amide bonds. The topological polar surface area (TPSA) is 93.1 Å². The molecule has 0 fully saturated rings. The summed E-state index contributed by atoms with van der Waals surface area (Å²) in [6, 6.07) is 15.5. The number of thiophene rings is 1. The number of fused-ring (bicyclic) bond motifs is 1. The van der Waals surface area contributed by atoms with Crippen LogP contribution in [0.5, 0.6) is 0 Å². The van der Waals surface area contributed by atoms with E-state index in [2.05, 4.69) is 15.6 Å². The number of aromatic nitrogens is 2. The molecular weight excluding hydrogens is 468 g/mol. The highest BCUT2D eigenvalue weighted by Gasteiger charge is 2.16. The van der Waals surface area contributed by atoms with Crippen molar-refractivity contribution in [1.29, 1.82) is 0 Å². The number of amides is 2. The highest BCUT2D eigenvalue weighted by molar-refractivity contribution is 7.99. The van der Waals surface area contributed by atoms with Crippen molar-refractivity contribution in [1.82, 2.24) is 9.55 Å². The summed E-state index contributed by atoms with van der Waals surface area (Å²) in [7, 11) is 0. The highest BCUT2D eigenvalue weighted by Crippen LogP contribution is 2.25. The van der Waals surface area contributed by atoms with Gasteiger partial charge in [-0.3, -0.25) is 19.0 Å². The smallest absolute Gasteiger partial charge is 0.276 e. The van der Waals surface area contributed by atoms with E-state index < -0.39 is 0 Å². The van der Waals surface area contributed by atoms with Gasteiger partial charge in [-0.2, -0.15) is 0 Å². The van der Waals surface area contributed by atoms with Gasteiger partial charge in [0.15, 0.2) is 5.16 Å². The Morgan fingerprint density at radius 2 is 1.81 bits per heavy atom. The summed E-state index contributed by atoms with van der Waals surface area (Å²) in [6.45, 7) is 1.42. The van der Waals surface area contributed by atoms with Crippen LogP contribution in [-0.4, -0.2) is 27.1 Å². The molecule has 162 valence electrons. The Morgan fingerprint density at radius 1 is 1.09 bits per heavy atom. The molecule has 0 bridgehead atoms. The molecule has 2 N–H and O–H groups in total. The Bertz CT molecular complexity index is 1370. The van der Waals surface area contributed by atoms with Crippen LogP contribution in [-0.2, 0) is 9.59 Å². The van der Waals surface area contributed by atoms with E-state index >= 15 is 0 Å². The first-order valence-electron chi connectivity index (χ1n) is 9.47. The van der Waals surface area contributed by atoms with Crippen LogP contribution >= 0.6 is 34.7 Å². The average Bonchev–Trinajstić information content (AvgIpc) is 3.22. The van der Waals surface area contributed by atoms with Crippen LogP contribution in [0, 0.1) is 0 Å². The number of hydrogen-bond donors (Lipinski definition) is 2. The SMILES string of the molecule is CC(=O)Nc1cccc(NC(=O)CSc2nc3ccsc3c(=O)n2-c2ccc(Cl)cc2)c1. The second kappa shape index (κ2) is 9.56. The van der Waals surface area contributed by atoms with E-state index in [1.165, 1.54) is 22.8 Å². The van der Waals surface area contributed by atoms with Gasteiger partial charge in [0.1, 0.15) is 4.70 Å². The minimum absolute atomic E-state index is 0.0417. The van der Waals surface area contributed by atoms with Crippen LogP contribution in [0.4, 0.5) is 11.4 Å². The van der Waals surface area contributed by atoms with E-state index in [0.717, 1.165) is 11.8 Å². The molecule has 2 heterocycles. The zero-order valence-corrected chi connectivity index (χ0v) is 19.2. The summed E-state index contributed by atoms with van der Waals surface area (Å²) in [5, 5.41) is 8.25. The summed E-state index contributed by atoms with van der Waals surface area (Å²) in [6.07, 6.45) is 0. The number of nitrogens with one attached hydrogen (secondary N) is 2. The van der Waals surface area contributed by atoms with Gasteiger partial charge < -0.3 is 10.6 Å². The van der Waals surface area contributed by atoms with E-state index in [1.807, 2.05) is 5.38 Å². The number of halogens is 1. The Kier molecular flexibility index (Phi) is 6.59. The third-order valence-electron chi connectivity index (χ3n) is 4.33. The molecule has 0 aliphatic carbocycles. The molecule has 0 aliphatic rings. The molecule has 0 spiro atoms. The van der Waals surface area contributed by atoms with Gasteiger partial charge in [-0.25, -0.2) is 4.98 Å². The molecule has 7 nitrogen and oxygen atoms in total. The average molecular weight is 485 g/mol. The first kappa shape index (κ1) is 22.1. The lowest BCUT2D eigenvalue weighted by Crippen LogP contribution is -2.22. The maximum atomic E-state index is 13.1. The third-order valence-corrected chi connectivity index (χ3v) is 6.42. The largest absolute Gasteiger partial charge is 0.326 e. The molecule has 4 rings (SSSR count). The molecule has 0 saturated carbocycles. The lowest BCUT2D eigenvalue weighted by Gasteiger charge is -2.12. The van der Waals surface area contributed by atoms with Gasteiger partial charge in [-0.1, -0.05) is 29.4 Å². The van der Waals surface area contributed by atoms with E-state index in [1.54, 1.807) is 54.6 Å². The van der Waals surface area contributed by atoms with Crippen molar-refractivity contribution >= 4 is 68.1 Å². The van der Waals surface area contributed by atoms with Gasteiger partial charge in [0.05, 0.1) is 17.0 Å². The van der Waals surface area contributed by atoms with Gasteiger partial charge in [-0.15, -0.1) is 11.3 Å².